The molecular weight excluding hydrogens is 380 g/mol. The molecule has 0 saturated heterocycles. The van der Waals surface area contributed by atoms with E-state index >= 15 is 0 Å². The Morgan fingerprint density at radius 1 is 1.20 bits per heavy atom. The second-order valence-corrected chi connectivity index (χ2v) is 6.92. The van der Waals surface area contributed by atoms with E-state index in [1.807, 2.05) is 37.3 Å². The van der Waals surface area contributed by atoms with Gasteiger partial charge in [0.05, 0.1) is 29.7 Å². The largest absolute Gasteiger partial charge is 0.464 e. The first-order valence-electron chi connectivity index (χ1n) is 9.43. The van der Waals surface area contributed by atoms with Crippen molar-refractivity contribution < 1.29 is 9.53 Å². The number of hydrogen-bond donors (Lipinski definition) is 1. The van der Waals surface area contributed by atoms with Crippen LogP contribution < -0.4 is 5.73 Å². The highest BCUT2D eigenvalue weighted by Crippen LogP contribution is 2.28. The first-order chi connectivity index (χ1) is 14.5. The fourth-order valence-corrected chi connectivity index (χ4v) is 3.40. The summed E-state index contributed by atoms with van der Waals surface area (Å²) in [5.41, 5.74) is 11.4. The lowest BCUT2D eigenvalue weighted by Crippen LogP contribution is -2.11. The first kappa shape index (κ1) is 19.2. The molecule has 2 aromatic carbocycles. The highest BCUT2D eigenvalue weighted by atomic mass is 16.5. The normalized spacial score (nSPS) is 10.9. The van der Waals surface area contributed by atoms with Crippen LogP contribution in [0.4, 0.5) is 5.69 Å². The van der Waals surface area contributed by atoms with E-state index in [1.54, 1.807) is 9.36 Å². The summed E-state index contributed by atoms with van der Waals surface area (Å²) in [6.07, 6.45) is 2.49. The quantitative estimate of drug-likeness (QED) is 0.526. The Labute approximate surface area is 173 Å². The van der Waals surface area contributed by atoms with E-state index in [9.17, 15) is 10.1 Å². The third-order valence-electron chi connectivity index (χ3n) is 5.08. The standard InChI is InChI=1S/C22H20N6O2/c1-4-14-5-7-16(8-6-14)28-25-17-9-13(2)19(10-18(17)26-28)27-12-15(11-23)20(24)21(27)22(29)30-3/h5-10,12H,4,24H2,1-3H3. The van der Waals surface area contributed by atoms with E-state index in [0.717, 1.165) is 23.2 Å². The molecule has 0 fully saturated rings. The molecule has 0 saturated carbocycles. The van der Waals surface area contributed by atoms with Crippen LogP contribution in [0.3, 0.4) is 0 Å². The van der Waals surface area contributed by atoms with Crippen LogP contribution in [0.25, 0.3) is 22.4 Å². The lowest BCUT2D eigenvalue weighted by atomic mass is 10.1. The minimum Gasteiger partial charge on any atom is -0.464 e. The minimum atomic E-state index is -0.617. The van der Waals surface area contributed by atoms with E-state index in [-0.39, 0.29) is 16.9 Å². The Morgan fingerprint density at radius 3 is 2.47 bits per heavy atom. The monoisotopic (exact) mass is 400 g/mol. The Bertz CT molecular complexity index is 1310. The second kappa shape index (κ2) is 7.37. The summed E-state index contributed by atoms with van der Waals surface area (Å²) in [5, 5.41) is 18.5. The van der Waals surface area contributed by atoms with Crippen molar-refractivity contribution in [2.24, 2.45) is 0 Å². The summed E-state index contributed by atoms with van der Waals surface area (Å²) in [6, 6.07) is 13.8. The molecule has 0 amide bonds. The van der Waals surface area contributed by atoms with Gasteiger partial charge in [0.15, 0.2) is 5.69 Å². The van der Waals surface area contributed by atoms with Crippen molar-refractivity contribution in [3.63, 3.8) is 0 Å². The van der Waals surface area contributed by atoms with Gasteiger partial charge in [-0.05, 0) is 48.7 Å². The number of anilines is 1. The van der Waals surface area contributed by atoms with Gasteiger partial charge in [-0.1, -0.05) is 19.1 Å². The SMILES string of the molecule is CCc1ccc(-n2nc3cc(C)c(-n4cc(C#N)c(N)c4C(=O)OC)cc3n2)cc1. The summed E-state index contributed by atoms with van der Waals surface area (Å²) < 4.78 is 6.44. The minimum absolute atomic E-state index is 0.0866. The van der Waals surface area contributed by atoms with Gasteiger partial charge in [0, 0.05) is 6.20 Å². The third kappa shape index (κ3) is 3.06. The molecule has 2 N–H and O–H groups in total. The highest BCUT2D eigenvalue weighted by Gasteiger charge is 2.23. The maximum Gasteiger partial charge on any atom is 0.357 e. The summed E-state index contributed by atoms with van der Waals surface area (Å²) in [5.74, 6) is -0.617. The highest BCUT2D eigenvalue weighted by molar-refractivity contribution is 5.96. The van der Waals surface area contributed by atoms with Gasteiger partial charge in [-0.3, -0.25) is 0 Å². The van der Waals surface area contributed by atoms with Crippen LogP contribution in [0.15, 0.2) is 42.6 Å². The molecule has 0 bridgehead atoms. The molecule has 0 aliphatic heterocycles. The van der Waals surface area contributed by atoms with Crippen LogP contribution in [-0.4, -0.2) is 32.6 Å². The van der Waals surface area contributed by atoms with Crippen molar-refractivity contribution in [1.29, 1.82) is 5.26 Å². The van der Waals surface area contributed by atoms with Gasteiger partial charge < -0.3 is 15.0 Å². The number of aromatic nitrogens is 4. The summed E-state index contributed by atoms with van der Waals surface area (Å²) in [6.45, 7) is 4.00. The smallest absolute Gasteiger partial charge is 0.357 e. The van der Waals surface area contributed by atoms with Gasteiger partial charge in [0.1, 0.15) is 17.1 Å². The number of esters is 1. The molecule has 30 heavy (non-hydrogen) atoms. The Hall–Kier alpha value is -4.12. The van der Waals surface area contributed by atoms with Crippen molar-refractivity contribution in [3.8, 4) is 17.4 Å². The van der Waals surface area contributed by atoms with Crippen LogP contribution in [0.1, 0.15) is 34.1 Å². The van der Waals surface area contributed by atoms with E-state index in [1.165, 1.54) is 18.9 Å². The van der Waals surface area contributed by atoms with E-state index in [4.69, 9.17) is 10.5 Å². The number of carbonyl (C=O) groups is 1. The molecule has 0 radical (unpaired) electrons. The fourth-order valence-electron chi connectivity index (χ4n) is 3.40. The maximum absolute atomic E-state index is 12.3. The predicted molar refractivity (Wildman–Crippen MR) is 113 cm³/mol. The van der Waals surface area contributed by atoms with Crippen molar-refractivity contribution in [2.75, 3.05) is 12.8 Å². The molecular formula is C22H20N6O2. The number of benzene rings is 2. The van der Waals surface area contributed by atoms with Crippen LogP contribution in [-0.2, 0) is 11.2 Å². The fraction of sp³-hybridized carbons (Fsp3) is 0.182. The number of methoxy groups -OCH3 is 1. The van der Waals surface area contributed by atoms with Crippen molar-refractivity contribution in [2.45, 2.75) is 20.3 Å². The van der Waals surface area contributed by atoms with Crippen molar-refractivity contribution in [3.05, 3.63) is 65.0 Å². The summed E-state index contributed by atoms with van der Waals surface area (Å²) in [4.78, 5) is 13.9. The number of aryl methyl sites for hydroxylation is 2. The lowest BCUT2D eigenvalue weighted by Gasteiger charge is -2.11. The first-order valence-corrected chi connectivity index (χ1v) is 9.43. The number of nitrogen functional groups attached to an aromatic ring is 1. The topological polar surface area (TPSA) is 112 Å². The number of nitrogens with zero attached hydrogens (tertiary/aromatic N) is 5. The van der Waals surface area contributed by atoms with Gasteiger partial charge in [-0.25, -0.2) is 4.79 Å². The Kier molecular flexibility index (Phi) is 4.72. The number of fused-ring (bicyclic) bond motifs is 1. The third-order valence-corrected chi connectivity index (χ3v) is 5.08. The number of rotatable bonds is 4. The number of nitriles is 1. The Balaban J connectivity index is 1.86. The van der Waals surface area contributed by atoms with Gasteiger partial charge in [-0.2, -0.15) is 10.1 Å². The molecule has 4 rings (SSSR count). The summed E-state index contributed by atoms with van der Waals surface area (Å²) >= 11 is 0. The summed E-state index contributed by atoms with van der Waals surface area (Å²) in [7, 11) is 1.27. The zero-order chi connectivity index (χ0) is 21.4. The van der Waals surface area contributed by atoms with Gasteiger partial charge >= 0.3 is 5.97 Å². The lowest BCUT2D eigenvalue weighted by molar-refractivity contribution is 0.0593. The average molecular weight is 400 g/mol. The zero-order valence-corrected chi connectivity index (χ0v) is 16.9. The van der Waals surface area contributed by atoms with Crippen LogP contribution >= 0.6 is 0 Å². The van der Waals surface area contributed by atoms with Crippen LogP contribution in [0, 0.1) is 18.3 Å². The van der Waals surface area contributed by atoms with Gasteiger partial charge in [0.2, 0.25) is 0 Å². The van der Waals surface area contributed by atoms with E-state index in [2.05, 4.69) is 29.3 Å². The van der Waals surface area contributed by atoms with Crippen molar-refractivity contribution in [1.82, 2.24) is 19.6 Å². The molecule has 0 aliphatic rings. The Morgan fingerprint density at radius 2 is 1.87 bits per heavy atom. The predicted octanol–water partition coefficient (Wildman–Crippen LogP) is 3.32. The number of carbonyl (C=O) groups excluding carboxylic acids is 1. The zero-order valence-electron chi connectivity index (χ0n) is 16.9. The van der Waals surface area contributed by atoms with Crippen LogP contribution in [0.5, 0.6) is 0 Å². The molecule has 0 spiro atoms. The molecule has 150 valence electrons. The number of hydrogen-bond acceptors (Lipinski definition) is 6. The van der Waals surface area contributed by atoms with Gasteiger partial charge in [-0.15, -0.1) is 10.2 Å². The molecule has 0 unspecified atom stereocenters. The number of ether oxygens (including phenoxy) is 1. The van der Waals surface area contributed by atoms with E-state index in [0.29, 0.717) is 11.2 Å². The van der Waals surface area contributed by atoms with E-state index < -0.39 is 5.97 Å². The maximum atomic E-state index is 12.3. The molecule has 2 heterocycles. The van der Waals surface area contributed by atoms with Crippen LogP contribution in [0.2, 0.25) is 0 Å². The van der Waals surface area contributed by atoms with Crippen molar-refractivity contribution >= 4 is 22.7 Å². The molecule has 8 nitrogen and oxygen atoms in total. The molecule has 4 aromatic rings. The van der Waals surface area contributed by atoms with Gasteiger partial charge in [0.25, 0.3) is 0 Å². The molecule has 0 aliphatic carbocycles. The molecule has 8 heteroatoms. The number of nitrogens with two attached hydrogens (primary N) is 1. The average Bonchev–Trinajstić information content (AvgIpc) is 3.32. The molecule has 0 atom stereocenters. The second-order valence-electron chi connectivity index (χ2n) is 6.92. The molecule has 2 aromatic heterocycles.